The average Bonchev–Trinajstić information content (AvgIpc) is 2.75. The Hall–Kier alpha value is -2.86. The van der Waals surface area contributed by atoms with Crippen LogP contribution in [-0.2, 0) is 16.1 Å². The van der Waals surface area contributed by atoms with E-state index in [9.17, 15) is 9.59 Å². The molecule has 1 N–H and O–H groups in total. The van der Waals surface area contributed by atoms with E-state index in [0.717, 1.165) is 22.1 Å². The molecule has 0 bridgehead atoms. The molecule has 28 heavy (non-hydrogen) atoms. The molecule has 3 aromatic rings. The van der Waals surface area contributed by atoms with Crippen molar-refractivity contribution in [2.24, 2.45) is 0 Å². The zero-order valence-electron chi connectivity index (χ0n) is 15.6. The first-order chi connectivity index (χ1) is 13.7. The molecule has 5 nitrogen and oxygen atoms in total. The van der Waals surface area contributed by atoms with Crippen molar-refractivity contribution < 1.29 is 14.3 Å². The smallest absolute Gasteiger partial charge is 0.329 e. The van der Waals surface area contributed by atoms with E-state index < -0.39 is 12.0 Å². The molecule has 6 heteroatoms. The number of rotatable bonds is 8. The van der Waals surface area contributed by atoms with E-state index in [-0.39, 0.29) is 18.2 Å². The number of hydrogen-bond donors (Lipinski definition) is 1. The van der Waals surface area contributed by atoms with E-state index in [2.05, 4.69) is 10.3 Å². The van der Waals surface area contributed by atoms with Gasteiger partial charge in [-0.25, -0.2) is 4.79 Å². The van der Waals surface area contributed by atoms with Crippen molar-refractivity contribution in [3.8, 4) is 0 Å². The second-order valence-corrected chi connectivity index (χ2v) is 7.30. The lowest BCUT2D eigenvalue weighted by Crippen LogP contribution is -2.42. The van der Waals surface area contributed by atoms with Crippen LogP contribution in [-0.4, -0.2) is 34.9 Å². The van der Waals surface area contributed by atoms with Crippen LogP contribution in [0.1, 0.15) is 22.5 Å². The van der Waals surface area contributed by atoms with Gasteiger partial charge in [0.15, 0.2) is 0 Å². The number of nitrogens with zero attached hydrogens (tertiary/aromatic N) is 1. The van der Waals surface area contributed by atoms with E-state index in [0.29, 0.717) is 6.42 Å². The summed E-state index contributed by atoms with van der Waals surface area (Å²) >= 11 is 1.61. The van der Waals surface area contributed by atoms with Gasteiger partial charge in [-0.15, -0.1) is 0 Å². The SMILES string of the molecule is CSCC[C@H](NC(=O)c1cc2ccccc2cn1)C(=O)OCc1ccccc1. The zero-order chi connectivity index (χ0) is 19.8. The molecule has 0 aliphatic carbocycles. The number of carbonyl (C=O) groups excluding carboxylic acids is 2. The molecule has 1 atom stereocenters. The highest BCUT2D eigenvalue weighted by Gasteiger charge is 2.23. The minimum absolute atomic E-state index is 0.180. The average molecular weight is 394 g/mol. The fourth-order valence-corrected chi connectivity index (χ4v) is 3.23. The number of amides is 1. The first kappa shape index (κ1) is 19.9. The first-order valence-corrected chi connectivity index (χ1v) is 10.4. The summed E-state index contributed by atoms with van der Waals surface area (Å²) in [6, 6.07) is 18.2. The fourth-order valence-electron chi connectivity index (χ4n) is 2.75. The lowest BCUT2D eigenvalue weighted by Gasteiger charge is -2.17. The maximum atomic E-state index is 12.7. The fraction of sp³-hybridized carbons (Fsp3) is 0.227. The summed E-state index contributed by atoms with van der Waals surface area (Å²) in [6.07, 6.45) is 4.11. The molecule has 1 aromatic heterocycles. The zero-order valence-corrected chi connectivity index (χ0v) is 16.4. The van der Waals surface area contributed by atoms with Gasteiger partial charge in [0.25, 0.3) is 5.91 Å². The second kappa shape index (κ2) is 9.90. The molecular weight excluding hydrogens is 372 g/mol. The summed E-state index contributed by atoms with van der Waals surface area (Å²) in [5.74, 6) is -0.0863. The van der Waals surface area contributed by atoms with Crippen LogP contribution in [0, 0.1) is 0 Å². The minimum Gasteiger partial charge on any atom is -0.459 e. The molecule has 0 saturated heterocycles. The lowest BCUT2D eigenvalue weighted by molar-refractivity contribution is -0.147. The normalized spacial score (nSPS) is 11.8. The second-order valence-electron chi connectivity index (χ2n) is 6.32. The highest BCUT2D eigenvalue weighted by molar-refractivity contribution is 7.98. The maximum absolute atomic E-state index is 12.7. The summed E-state index contributed by atoms with van der Waals surface area (Å²) in [5, 5.41) is 4.66. The Morgan fingerprint density at radius 2 is 1.79 bits per heavy atom. The van der Waals surface area contributed by atoms with E-state index in [1.807, 2.05) is 60.9 Å². The molecule has 2 aromatic carbocycles. The number of ether oxygens (including phenoxy) is 1. The number of thioether (sulfide) groups is 1. The van der Waals surface area contributed by atoms with E-state index in [4.69, 9.17) is 4.74 Å². The summed E-state index contributed by atoms with van der Waals surface area (Å²) in [5.41, 5.74) is 1.19. The van der Waals surface area contributed by atoms with Crippen molar-refractivity contribution in [1.29, 1.82) is 0 Å². The number of fused-ring (bicyclic) bond motifs is 1. The first-order valence-electron chi connectivity index (χ1n) is 9.02. The monoisotopic (exact) mass is 394 g/mol. The maximum Gasteiger partial charge on any atom is 0.329 e. The Morgan fingerprint density at radius 3 is 2.54 bits per heavy atom. The van der Waals surface area contributed by atoms with Gasteiger partial charge >= 0.3 is 5.97 Å². The van der Waals surface area contributed by atoms with Gasteiger partial charge in [0.1, 0.15) is 18.3 Å². The molecule has 1 amide bonds. The minimum atomic E-state index is -0.711. The summed E-state index contributed by atoms with van der Waals surface area (Å²) in [7, 11) is 0. The molecule has 0 aliphatic heterocycles. The highest BCUT2D eigenvalue weighted by Crippen LogP contribution is 2.14. The number of carbonyl (C=O) groups is 2. The Labute approximate surface area is 168 Å². The molecule has 3 rings (SSSR count). The van der Waals surface area contributed by atoms with Gasteiger partial charge in [0.05, 0.1) is 0 Å². The molecule has 0 unspecified atom stereocenters. The van der Waals surface area contributed by atoms with Crippen LogP contribution < -0.4 is 5.32 Å². The van der Waals surface area contributed by atoms with Gasteiger partial charge < -0.3 is 10.1 Å². The van der Waals surface area contributed by atoms with Crippen molar-refractivity contribution in [2.75, 3.05) is 12.0 Å². The number of pyridine rings is 1. The van der Waals surface area contributed by atoms with Crippen molar-refractivity contribution in [3.05, 3.63) is 78.1 Å². The molecule has 0 aliphatic rings. The molecule has 144 valence electrons. The van der Waals surface area contributed by atoms with Gasteiger partial charge in [-0.3, -0.25) is 9.78 Å². The number of esters is 1. The van der Waals surface area contributed by atoms with Crippen LogP contribution in [0.5, 0.6) is 0 Å². The van der Waals surface area contributed by atoms with Gasteiger partial charge in [0, 0.05) is 11.6 Å². The lowest BCUT2D eigenvalue weighted by atomic mass is 10.1. The number of benzene rings is 2. The number of nitrogens with one attached hydrogen (secondary N) is 1. The summed E-state index contributed by atoms with van der Waals surface area (Å²) in [4.78, 5) is 29.4. The number of hydrogen-bond acceptors (Lipinski definition) is 5. The van der Waals surface area contributed by atoms with E-state index in [1.165, 1.54) is 0 Å². The van der Waals surface area contributed by atoms with Crippen molar-refractivity contribution in [1.82, 2.24) is 10.3 Å². The Morgan fingerprint density at radius 1 is 1.07 bits per heavy atom. The quantitative estimate of drug-likeness (QED) is 0.588. The van der Waals surface area contributed by atoms with Gasteiger partial charge in [-0.1, -0.05) is 54.6 Å². The van der Waals surface area contributed by atoms with Crippen LogP contribution in [0.3, 0.4) is 0 Å². The third-order valence-corrected chi connectivity index (χ3v) is 4.93. The molecular formula is C22H22N2O3S. The Balaban J connectivity index is 1.67. The third kappa shape index (κ3) is 5.33. The topological polar surface area (TPSA) is 68.3 Å². The van der Waals surface area contributed by atoms with Crippen LogP contribution in [0.15, 0.2) is 66.9 Å². The molecule has 0 saturated carbocycles. The predicted octanol–water partition coefficient (Wildman–Crippen LogP) is 3.83. The number of aromatic nitrogens is 1. The third-order valence-electron chi connectivity index (χ3n) is 4.29. The largest absolute Gasteiger partial charge is 0.459 e. The van der Waals surface area contributed by atoms with Gasteiger partial charge in [0.2, 0.25) is 0 Å². The van der Waals surface area contributed by atoms with Crippen LogP contribution in [0.25, 0.3) is 10.8 Å². The van der Waals surface area contributed by atoms with Crippen LogP contribution >= 0.6 is 11.8 Å². The molecule has 1 heterocycles. The Bertz CT molecular complexity index is 947. The van der Waals surface area contributed by atoms with E-state index in [1.54, 1.807) is 24.0 Å². The molecule has 0 fully saturated rings. The van der Waals surface area contributed by atoms with Crippen molar-refractivity contribution in [3.63, 3.8) is 0 Å². The Kier molecular flexibility index (Phi) is 7.03. The van der Waals surface area contributed by atoms with Crippen LogP contribution in [0.4, 0.5) is 0 Å². The van der Waals surface area contributed by atoms with Crippen molar-refractivity contribution >= 4 is 34.4 Å². The predicted molar refractivity (Wildman–Crippen MR) is 112 cm³/mol. The van der Waals surface area contributed by atoms with Gasteiger partial charge in [-0.2, -0.15) is 11.8 Å². The highest BCUT2D eigenvalue weighted by atomic mass is 32.2. The summed E-state index contributed by atoms with van der Waals surface area (Å²) in [6.45, 7) is 0.180. The molecule has 0 spiro atoms. The van der Waals surface area contributed by atoms with E-state index >= 15 is 0 Å². The van der Waals surface area contributed by atoms with Crippen molar-refractivity contribution in [2.45, 2.75) is 19.1 Å². The summed E-state index contributed by atoms with van der Waals surface area (Å²) < 4.78 is 5.41. The standard InChI is InChI=1S/C22H22N2O3S/c1-28-12-11-19(22(26)27-15-16-7-3-2-4-8-16)24-21(25)20-13-17-9-5-6-10-18(17)14-23-20/h2-10,13-14,19H,11-12,15H2,1H3,(H,24,25)/t19-/m0/s1. The van der Waals surface area contributed by atoms with Crippen LogP contribution in [0.2, 0.25) is 0 Å². The molecule has 0 radical (unpaired) electrons. The van der Waals surface area contributed by atoms with Gasteiger partial charge in [-0.05, 0) is 35.4 Å².